The molecule has 18 heavy (non-hydrogen) atoms. The summed E-state index contributed by atoms with van der Waals surface area (Å²) in [4.78, 5) is 22.5. The monoisotopic (exact) mass is 258 g/mol. The van der Waals surface area contributed by atoms with Gasteiger partial charge in [-0.15, -0.1) is 12.6 Å². The molecule has 0 aliphatic heterocycles. The standard InChI is InChI=1S/C15H14O2S/c1-2-3-4-5-6-7-13-12(10-16)8-9-15(18)14(13)11-17/h2-11,18H,1H3/b3-2+,5-4+,7-6+. The van der Waals surface area contributed by atoms with E-state index >= 15 is 0 Å². The molecule has 0 unspecified atom stereocenters. The van der Waals surface area contributed by atoms with E-state index in [4.69, 9.17) is 0 Å². The number of rotatable bonds is 5. The molecular formula is C15H14O2S. The quantitative estimate of drug-likeness (QED) is 0.496. The highest BCUT2D eigenvalue weighted by Gasteiger charge is 2.07. The summed E-state index contributed by atoms with van der Waals surface area (Å²) in [5.41, 5.74) is 1.50. The van der Waals surface area contributed by atoms with E-state index in [0.29, 0.717) is 27.9 Å². The van der Waals surface area contributed by atoms with E-state index < -0.39 is 0 Å². The van der Waals surface area contributed by atoms with Gasteiger partial charge >= 0.3 is 0 Å². The molecule has 92 valence electrons. The second-order valence-corrected chi connectivity index (χ2v) is 3.99. The summed E-state index contributed by atoms with van der Waals surface area (Å²) < 4.78 is 0. The number of carbonyl (C=O) groups excluding carboxylic acids is 2. The maximum absolute atomic E-state index is 11.0. The van der Waals surface area contributed by atoms with Crippen LogP contribution in [0.3, 0.4) is 0 Å². The van der Waals surface area contributed by atoms with Gasteiger partial charge in [0.05, 0.1) is 0 Å². The third-order valence-corrected chi connectivity index (χ3v) is 2.72. The van der Waals surface area contributed by atoms with Gasteiger partial charge in [-0.2, -0.15) is 0 Å². The molecule has 0 fully saturated rings. The van der Waals surface area contributed by atoms with Gasteiger partial charge in [-0.05, 0) is 24.6 Å². The third-order valence-electron chi connectivity index (χ3n) is 2.33. The molecule has 2 nitrogen and oxygen atoms in total. The lowest BCUT2D eigenvalue weighted by Crippen LogP contribution is -1.95. The van der Waals surface area contributed by atoms with E-state index in [2.05, 4.69) is 12.6 Å². The molecular weight excluding hydrogens is 244 g/mol. The van der Waals surface area contributed by atoms with Gasteiger partial charge in [0.15, 0.2) is 12.6 Å². The normalized spacial score (nSPS) is 11.7. The first-order valence-corrected chi connectivity index (χ1v) is 5.91. The van der Waals surface area contributed by atoms with Crippen molar-refractivity contribution >= 4 is 31.3 Å². The fourth-order valence-corrected chi connectivity index (χ4v) is 1.69. The lowest BCUT2D eigenvalue weighted by molar-refractivity contribution is 0.112. The van der Waals surface area contributed by atoms with E-state index in [9.17, 15) is 9.59 Å². The number of thiol groups is 1. The summed E-state index contributed by atoms with van der Waals surface area (Å²) in [6, 6.07) is 3.29. The molecule has 3 heteroatoms. The number of allylic oxidation sites excluding steroid dienone is 5. The fourth-order valence-electron chi connectivity index (χ4n) is 1.45. The zero-order valence-electron chi connectivity index (χ0n) is 10.0. The van der Waals surface area contributed by atoms with Crippen LogP contribution in [0.5, 0.6) is 0 Å². The predicted octanol–water partition coefficient (Wildman–Crippen LogP) is 3.75. The molecule has 0 atom stereocenters. The first-order valence-electron chi connectivity index (χ1n) is 5.47. The highest BCUT2D eigenvalue weighted by molar-refractivity contribution is 7.80. The van der Waals surface area contributed by atoms with Crippen LogP contribution in [0.1, 0.15) is 33.2 Å². The molecule has 0 N–H and O–H groups in total. The molecule has 0 aromatic heterocycles. The minimum atomic E-state index is 0.429. The van der Waals surface area contributed by atoms with Crippen molar-refractivity contribution in [2.45, 2.75) is 11.8 Å². The summed E-state index contributed by atoms with van der Waals surface area (Å²) >= 11 is 4.20. The summed E-state index contributed by atoms with van der Waals surface area (Å²) in [5, 5.41) is 0. The Kier molecular flexibility index (Phi) is 5.88. The minimum absolute atomic E-state index is 0.429. The summed E-state index contributed by atoms with van der Waals surface area (Å²) in [6.45, 7) is 1.92. The highest BCUT2D eigenvalue weighted by Crippen LogP contribution is 2.21. The molecule has 0 heterocycles. The maximum atomic E-state index is 11.0. The van der Waals surface area contributed by atoms with E-state index in [1.54, 1.807) is 24.3 Å². The second-order valence-electron chi connectivity index (χ2n) is 3.51. The number of hydrogen-bond acceptors (Lipinski definition) is 3. The van der Waals surface area contributed by atoms with Crippen molar-refractivity contribution in [2.24, 2.45) is 0 Å². The summed E-state index contributed by atoms with van der Waals surface area (Å²) in [6.07, 6.45) is 12.4. The minimum Gasteiger partial charge on any atom is -0.298 e. The van der Waals surface area contributed by atoms with Crippen molar-refractivity contribution in [1.82, 2.24) is 0 Å². The van der Waals surface area contributed by atoms with Crippen LogP contribution in [0.4, 0.5) is 0 Å². The Balaban J connectivity index is 3.16. The highest BCUT2D eigenvalue weighted by atomic mass is 32.1. The smallest absolute Gasteiger partial charge is 0.151 e. The topological polar surface area (TPSA) is 34.1 Å². The van der Waals surface area contributed by atoms with Crippen LogP contribution >= 0.6 is 12.6 Å². The predicted molar refractivity (Wildman–Crippen MR) is 77.5 cm³/mol. The molecule has 0 amide bonds. The van der Waals surface area contributed by atoms with Gasteiger partial charge in [0.25, 0.3) is 0 Å². The maximum Gasteiger partial charge on any atom is 0.151 e. The number of carbonyl (C=O) groups is 2. The Morgan fingerprint density at radius 3 is 2.28 bits per heavy atom. The molecule has 1 aromatic carbocycles. The van der Waals surface area contributed by atoms with E-state index in [1.165, 1.54) is 0 Å². The van der Waals surface area contributed by atoms with Crippen molar-refractivity contribution < 1.29 is 9.59 Å². The molecule has 0 saturated carbocycles. The molecule has 0 spiro atoms. The van der Waals surface area contributed by atoms with Crippen molar-refractivity contribution in [1.29, 1.82) is 0 Å². The number of hydrogen-bond donors (Lipinski definition) is 1. The van der Waals surface area contributed by atoms with Crippen LogP contribution in [0.2, 0.25) is 0 Å². The third kappa shape index (κ3) is 3.57. The van der Waals surface area contributed by atoms with Crippen molar-refractivity contribution in [3.05, 3.63) is 59.2 Å². The van der Waals surface area contributed by atoms with Gasteiger partial charge in [-0.1, -0.05) is 36.5 Å². The van der Waals surface area contributed by atoms with Crippen LogP contribution < -0.4 is 0 Å². The zero-order chi connectivity index (χ0) is 13.4. The largest absolute Gasteiger partial charge is 0.298 e. The average Bonchev–Trinajstić information content (AvgIpc) is 2.39. The van der Waals surface area contributed by atoms with Gasteiger partial charge in [-0.25, -0.2) is 0 Å². The zero-order valence-corrected chi connectivity index (χ0v) is 10.9. The van der Waals surface area contributed by atoms with Crippen molar-refractivity contribution in [3.8, 4) is 0 Å². The number of aldehydes is 2. The Hall–Kier alpha value is -1.87. The molecule has 0 bridgehead atoms. The molecule has 0 aliphatic rings. The van der Waals surface area contributed by atoms with Gasteiger partial charge in [0.2, 0.25) is 0 Å². The number of benzene rings is 1. The van der Waals surface area contributed by atoms with Gasteiger partial charge in [0, 0.05) is 16.0 Å². The summed E-state index contributed by atoms with van der Waals surface area (Å²) in [7, 11) is 0. The molecule has 1 rings (SSSR count). The SMILES string of the molecule is C/C=C/C=C/C=C/c1c(C=O)ccc(S)c1C=O. The Morgan fingerprint density at radius 1 is 0.944 bits per heavy atom. The lowest BCUT2D eigenvalue weighted by Gasteiger charge is -2.05. The van der Waals surface area contributed by atoms with Crippen LogP contribution in [-0.2, 0) is 0 Å². The molecule has 0 radical (unpaired) electrons. The first-order chi connectivity index (χ1) is 8.74. The Morgan fingerprint density at radius 2 is 1.67 bits per heavy atom. The van der Waals surface area contributed by atoms with E-state index in [1.807, 2.05) is 31.2 Å². The average molecular weight is 258 g/mol. The van der Waals surface area contributed by atoms with Crippen LogP contribution in [0.25, 0.3) is 6.08 Å². The van der Waals surface area contributed by atoms with E-state index in [-0.39, 0.29) is 0 Å². The van der Waals surface area contributed by atoms with E-state index in [0.717, 1.165) is 6.29 Å². The molecule has 0 aliphatic carbocycles. The molecule has 1 aromatic rings. The Labute approximate surface area is 112 Å². The van der Waals surface area contributed by atoms with Crippen LogP contribution in [0, 0.1) is 0 Å². The van der Waals surface area contributed by atoms with Crippen molar-refractivity contribution in [3.63, 3.8) is 0 Å². The first kappa shape index (κ1) is 14.2. The lowest BCUT2D eigenvalue weighted by atomic mass is 10.0. The van der Waals surface area contributed by atoms with Crippen LogP contribution in [-0.4, -0.2) is 12.6 Å². The Bertz CT molecular complexity index is 526. The summed E-state index contributed by atoms with van der Waals surface area (Å²) in [5.74, 6) is 0. The van der Waals surface area contributed by atoms with Crippen molar-refractivity contribution in [2.75, 3.05) is 0 Å². The second kappa shape index (κ2) is 7.45. The van der Waals surface area contributed by atoms with Gasteiger partial charge in [-0.3, -0.25) is 9.59 Å². The van der Waals surface area contributed by atoms with Gasteiger partial charge < -0.3 is 0 Å². The van der Waals surface area contributed by atoms with Crippen LogP contribution in [0.15, 0.2) is 47.4 Å². The molecule has 0 saturated heterocycles. The van der Waals surface area contributed by atoms with Gasteiger partial charge in [0.1, 0.15) is 0 Å². The fraction of sp³-hybridized carbons (Fsp3) is 0.0667.